The van der Waals surface area contributed by atoms with Gasteiger partial charge in [-0.3, -0.25) is 0 Å². The van der Waals surface area contributed by atoms with E-state index in [2.05, 4.69) is 33.5 Å². The Morgan fingerprint density at radius 3 is 2.15 bits per heavy atom. The van der Waals surface area contributed by atoms with E-state index < -0.39 is 8.32 Å². The minimum atomic E-state index is -1.67. The summed E-state index contributed by atoms with van der Waals surface area (Å²) >= 11 is 6.02. The summed E-state index contributed by atoms with van der Waals surface area (Å²) in [6.45, 7) is 12.8. The van der Waals surface area contributed by atoms with Crippen molar-refractivity contribution in [3.63, 3.8) is 0 Å². The lowest BCUT2D eigenvalue weighted by Gasteiger charge is -2.28. The SMILES string of the molecule is C=C(C)CC(CCCCCCCCC)O[Si](C)(C)CCl. The van der Waals surface area contributed by atoms with Crippen LogP contribution in [0.5, 0.6) is 0 Å². The molecule has 1 atom stereocenters. The highest BCUT2D eigenvalue weighted by molar-refractivity contribution is 6.77. The maximum Gasteiger partial charge on any atom is 0.201 e. The van der Waals surface area contributed by atoms with Crippen LogP contribution in [0.15, 0.2) is 12.2 Å². The standard InChI is InChI=1S/C17H35ClOSi/c1-6-7-8-9-10-11-12-13-17(14-16(2)3)19-20(4,5)15-18/h17H,2,6-15H2,1,3-5H3. The van der Waals surface area contributed by atoms with E-state index in [1.165, 1.54) is 50.5 Å². The molecule has 120 valence electrons. The van der Waals surface area contributed by atoms with Crippen molar-refractivity contribution in [2.75, 3.05) is 5.50 Å². The Morgan fingerprint density at radius 1 is 1.10 bits per heavy atom. The first-order valence-electron chi connectivity index (χ1n) is 8.29. The van der Waals surface area contributed by atoms with Crippen LogP contribution in [-0.4, -0.2) is 19.9 Å². The lowest BCUT2D eigenvalue weighted by molar-refractivity contribution is 0.179. The summed E-state index contributed by atoms with van der Waals surface area (Å²) in [6, 6.07) is 0. The Balaban J connectivity index is 3.90. The molecule has 0 amide bonds. The van der Waals surface area contributed by atoms with Crippen LogP contribution in [0.3, 0.4) is 0 Å². The highest BCUT2D eigenvalue weighted by Gasteiger charge is 2.25. The molecule has 0 aliphatic rings. The Kier molecular flexibility index (Phi) is 11.9. The Labute approximate surface area is 133 Å². The molecule has 0 aromatic rings. The van der Waals surface area contributed by atoms with Gasteiger partial charge in [0, 0.05) is 11.6 Å². The zero-order chi connectivity index (χ0) is 15.4. The van der Waals surface area contributed by atoms with E-state index in [1.807, 2.05) is 0 Å². The number of hydrogen-bond acceptors (Lipinski definition) is 1. The van der Waals surface area contributed by atoms with Crippen molar-refractivity contribution >= 4 is 19.9 Å². The summed E-state index contributed by atoms with van der Waals surface area (Å²) in [5.41, 5.74) is 1.90. The molecule has 0 saturated heterocycles. The molecule has 0 spiro atoms. The van der Waals surface area contributed by atoms with Crippen molar-refractivity contribution in [1.29, 1.82) is 0 Å². The summed E-state index contributed by atoms with van der Waals surface area (Å²) < 4.78 is 6.29. The molecular weight excluding hydrogens is 284 g/mol. The van der Waals surface area contributed by atoms with Crippen LogP contribution < -0.4 is 0 Å². The van der Waals surface area contributed by atoms with Gasteiger partial charge >= 0.3 is 0 Å². The molecule has 1 nitrogen and oxygen atoms in total. The second-order valence-electron chi connectivity index (χ2n) is 6.70. The zero-order valence-corrected chi connectivity index (χ0v) is 15.9. The van der Waals surface area contributed by atoms with Gasteiger partial charge in [-0.25, -0.2) is 0 Å². The molecule has 0 aliphatic carbocycles. The summed E-state index contributed by atoms with van der Waals surface area (Å²) in [5.74, 6) is 0. The number of hydrogen-bond donors (Lipinski definition) is 0. The van der Waals surface area contributed by atoms with E-state index in [0.29, 0.717) is 11.6 Å². The van der Waals surface area contributed by atoms with E-state index in [1.54, 1.807) is 0 Å². The van der Waals surface area contributed by atoms with Gasteiger partial charge in [-0.05, 0) is 32.9 Å². The van der Waals surface area contributed by atoms with Gasteiger partial charge in [0.25, 0.3) is 0 Å². The topological polar surface area (TPSA) is 9.23 Å². The molecule has 0 radical (unpaired) electrons. The minimum Gasteiger partial charge on any atom is -0.413 e. The van der Waals surface area contributed by atoms with E-state index in [0.717, 1.165) is 12.8 Å². The van der Waals surface area contributed by atoms with E-state index in [9.17, 15) is 0 Å². The normalized spacial score (nSPS) is 13.4. The third-order valence-electron chi connectivity index (χ3n) is 3.51. The monoisotopic (exact) mass is 318 g/mol. The average Bonchev–Trinajstić information content (AvgIpc) is 2.36. The van der Waals surface area contributed by atoms with Crippen molar-refractivity contribution in [3.8, 4) is 0 Å². The van der Waals surface area contributed by atoms with Crippen LogP contribution in [0.1, 0.15) is 71.6 Å². The highest BCUT2D eigenvalue weighted by Crippen LogP contribution is 2.20. The van der Waals surface area contributed by atoms with Gasteiger partial charge in [0.1, 0.15) is 0 Å². The average molecular weight is 319 g/mol. The van der Waals surface area contributed by atoms with Crippen LogP contribution in [-0.2, 0) is 4.43 Å². The molecule has 0 aliphatic heterocycles. The van der Waals surface area contributed by atoms with Gasteiger partial charge in [0.2, 0.25) is 8.32 Å². The van der Waals surface area contributed by atoms with Gasteiger partial charge < -0.3 is 4.43 Å². The van der Waals surface area contributed by atoms with Crippen molar-refractivity contribution in [2.24, 2.45) is 0 Å². The molecule has 0 bridgehead atoms. The van der Waals surface area contributed by atoms with Gasteiger partial charge in [-0.2, -0.15) is 0 Å². The van der Waals surface area contributed by atoms with Crippen molar-refractivity contribution in [3.05, 3.63) is 12.2 Å². The number of alkyl halides is 1. The van der Waals surface area contributed by atoms with Gasteiger partial charge in [0.05, 0.1) is 0 Å². The van der Waals surface area contributed by atoms with E-state index in [-0.39, 0.29) is 0 Å². The van der Waals surface area contributed by atoms with Crippen molar-refractivity contribution in [2.45, 2.75) is 90.8 Å². The maximum atomic E-state index is 6.29. The highest BCUT2D eigenvalue weighted by atomic mass is 35.5. The summed E-state index contributed by atoms with van der Waals surface area (Å²) in [6.07, 6.45) is 12.0. The third-order valence-corrected chi connectivity index (χ3v) is 7.06. The molecule has 0 N–H and O–H groups in total. The predicted molar refractivity (Wildman–Crippen MR) is 95.1 cm³/mol. The second kappa shape index (κ2) is 11.8. The largest absolute Gasteiger partial charge is 0.413 e. The lowest BCUT2D eigenvalue weighted by Crippen LogP contribution is -2.38. The molecule has 0 aromatic carbocycles. The number of unbranched alkanes of at least 4 members (excludes halogenated alkanes) is 6. The lowest BCUT2D eigenvalue weighted by atomic mass is 10.0. The molecule has 1 unspecified atom stereocenters. The molecule has 0 aromatic heterocycles. The van der Waals surface area contributed by atoms with Crippen LogP contribution in [0, 0.1) is 0 Å². The summed E-state index contributed by atoms with van der Waals surface area (Å²) in [4.78, 5) is 0. The zero-order valence-electron chi connectivity index (χ0n) is 14.1. The Morgan fingerprint density at radius 2 is 1.65 bits per heavy atom. The summed E-state index contributed by atoms with van der Waals surface area (Å²) in [5, 5.41) is 0. The number of rotatable bonds is 13. The quantitative estimate of drug-likeness (QED) is 0.164. The first-order chi connectivity index (χ1) is 9.41. The molecule has 0 heterocycles. The Bertz CT molecular complexity index is 253. The van der Waals surface area contributed by atoms with Gasteiger partial charge in [-0.15, -0.1) is 18.2 Å². The number of halogens is 1. The molecular formula is C17H35ClOSi. The van der Waals surface area contributed by atoms with E-state index >= 15 is 0 Å². The van der Waals surface area contributed by atoms with Crippen molar-refractivity contribution < 1.29 is 4.43 Å². The molecule has 0 fully saturated rings. The summed E-state index contributed by atoms with van der Waals surface area (Å²) in [7, 11) is -1.67. The first kappa shape index (κ1) is 20.2. The fourth-order valence-corrected chi connectivity index (χ4v) is 3.76. The molecule has 3 heteroatoms. The predicted octanol–water partition coefficient (Wildman–Crippen LogP) is 6.46. The molecule has 20 heavy (non-hydrogen) atoms. The van der Waals surface area contributed by atoms with Gasteiger partial charge in [0.15, 0.2) is 0 Å². The maximum absolute atomic E-state index is 6.29. The fourth-order valence-electron chi connectivity index (χ4n) is 2.40. The third kappa shape index (κ3) is 12.0. The van der Waals surface area contributed by atoms with Crippen molar-refractivity contribution in [1.82, 2.24) is 0 Å². The van der Waals surface area contributed by atoms with E-state index in [4.69, 9.17) is 16.0 Å². The minimum absolute atomic E-state index is 0.337. The van der Waals surface area contributed by atoms with Gasteiger partial charge in [-0.1, -0.05) is 57.4 Å². The molecule has 0 rings (SSSR count). The molecule has 0 saturated carbocycles. The van der Waals surface area contributed by atoms with Crippen LogP contribution in [0.4, 0.5) is 0 Å². The smallest absolute Gasteiger partial charge is 0.201 e. The fraction of sp³-hybridized carbons (Fsp3) is 0.882. The second-order valence-corrected chi connectivity index (χ2v) is 11.5. The van der Waals surface area contributed by atoms with Crippen LogP contribution in [0.25, 0.3) is 0 Å². The van der Waals surface area contributed by atoms with Crippen LogP contribution >= 0.6 is 11.6 Å². The first-order valence-corrected chi connectivity index (χ1v) is 11.9. The van der Waals surface area contributed by atoms with Crippen LogP contribution in [0.2, 0.25) is 13.1 Å². The Hall–Kier alpha value is 0.207.